The molecule has 0 N–H and O–H groups in total. The fourth-order valence-electron chi connectivity index (χ4n) is 3.48. The molecule has 0 saturated carbocycles. The zero-order valence-electron chi connectivity index (χ0n) is 20.6. The van der Waals surface area contributed by atoms with Crippen LogP contribution in [0.15, 0.2) is 12.1 Å². The Morgan fingerprint density at radius 3 is 1.86 bits per heavy atom. The van der Waals surface area contributed by atoms with Crippen LogP contribution in [0.2, 0.25) is 0 Å². The molecular formula is C26H44O3. The minimum atomic E-state index is -0.292. The molecular weight excluding hydrogens is 360 g/mol. The van der Waals surface area contributed by atoms with Gasteiger partial charge in [-0.1, -0.05) is 81.6 Å². The Morgan fingerprint density at radius 1 is 0.862 bits per heavy atom. The molecule has 29 heavy (non-hydrogen) atoms. The molecule has 0 amide bonds. The van der Waals surface area contributed by atoms with Gasteiger partial charge in [-0.2, -0.15) is 0 Å². The Bertz CT molecular complexity index is 660. The van der Waals surface area contributed by atoms with Crippen molar-refractivity contribution in [1.82, 2.24) is 0 Å². The molecule has 0 aliphatic rings. The first kappa shape index (κ1) is 25.5. The highest BCUT2D eigenvalue weighted by Crippen LogP contribution is 2.41. The van der Waals surface area contributed by atoms with Crippen molar-refractivity contribution in [2.45, 2.75) is 106 Å². The molecule has 1 aromatic rings. The Kier molecular flexibility index (Phi) is 9.24. The van der Waals surface area contributed by atoms with E-state index in [1.807, 2.05) is 6.07 Å². The maximum atomic E-state index is 11.7. The highest BCUT2D eigenvalue weighted by Gasteiger charge is 2.27. The first-order chi connectivity index (χ1) is 13.2. The van der Waals surface area contributed by atoms with E-state index in [1.165, 1.54) is 26.2 Å². The van der Waals surface area contributed by atoms with Gasteiger partial charge in [-0.05, 0) is 41.2 Å². The fraction of sp³-hybridized carbons (Fsp3) is 0.731. The molecule has 0 bridgehead atoms. The van der Waals surface area contributed by atoms with Crippen LogP contribution in [0.4, 0.5) is 0 Å². The van der Waals surface area contributed by atoms with Crippen molar-refractivity contribution in [2.24, 2.45) is 11.8 Å². The standard InChI is InChI=1S/C26H44O3/c1-18(2)12-11-13-19(3)14-15-28-23-16-22(26(8,9)10)24(29-20(4)27)17-21(23)25(5,6)7/h16-19H,11-15H2,1-10H3. The summed E-state index contributed by atoms with van der Waals surface area (Å²) in [5.41, 5.74) is 1.82. The molecule has 1 unspecified atom stereocenters. The number of hydrogen-bond acceptors (Lipinski definition) is 3. The zero-order chi connectivity index (χ0) is 22.4. The molecule has 166 valence electrons. The van der Waals surface area contributed by atoms with E-state index in [0.717, 1.165) is 29.2 Å². The highest BCUT2D eigenvalue weighted by molar-refractivity contribution is 5.70. The minimum absolute atomic E-state index is 0.108. The molecule has 0 aliphatic heterocycles. The summed E-state index contributed by atoms with van der Waals surface area (Å²) in [6, 6.07) is 4.09. The van der Waals surface area contributed by atoms with Gasteiger partial charge in [0.05, 0.1) is 6.61 Å². The summed E-state index contributed by atoms with van der Waals surface area (Å²) in [5.74, 6) is 2.70. The van der Waals surface area contributed by atoms with Gasteiger partial charge in [0.25, 0.3) is 0 Å². The normalized spacial score (nSPS) is 13.5. The van der Waals surface area contributed by atoms with Crippen molar-refractivity contribution in [3.8, 4) is 11.5 Å². The van der Waals surface area contributed by atoms with Gasteiger partial charge in [0.2, 0.25) is 0 Å². The largest absolute Gasteiger partial charge is 0.493 e. The third-order valence-electron chi connectivity index (χ3n) is 5.30. The summed E-state index contributed by atoms with van der Waals surface area (Å²) < 4.78 is 11.9. The van der Waals surface area contributed by atoms with Gasteiger partial charge < -0.3 is 9.47 Å². The Morgan fingerprint density at radius 2 is 1.38 bits per heavy atom. The van der Waals surface area contributed by atoms with E-state index < -0.39 is 0 Å². The molecule has 1 aromatic carbocycles. The highest BCUT2D eigenvalue weighted by atomic mass is 16.5. The van der Waals surface area contributed by atoms with E-state index in [-0.39, 0.29) is 16.8 Å². The molecule has 0 spiro atoms. The molecule has 3 nitrogen and oxygen atoms in total. The first-order valence-electron chi connectivity index (χ1n) is 11.2. The zero-order valence-corrected chi connectivity index (χ0v) is 20.6. The molecule has 0 aromatic heterocycles. The fourth-order valence-corrected chi connectivity index (χ4v) is 3.48. The van der Waals surface area contributed by atoms with Crippen molar-refractivity contribution in [2.75, 3.05) is 6.61 Å². The van der Waals surface area contributed by atoms with Crippen LogP contribution in [0, 0.1) is 11.8 Å². The Balaban J connectivity index is 3.04. The quantitative estimate of drug-likeness (QED) is 0.317. The maximum Gasteiger partial charge on any atom is 0.308 e. The molecule has 0 fully saturated rings. The van der Waals surface area contributed by atoms with Crippen LogP contribution in [-0.4, -0.2) is 12.6 Å². The second kappa shape index (κ2) is 10.5. The van der Waals surface area contributed by atoms with Gasteiger partial charge in [0, 0.05) is 18.1 Å². The van der Waals surface area contributed by atoms with E-state index in [0.29, 0.717) is 18.3 Å². The van der Waals surface area contributed by atoms with Crippen LogP contribution in [-0.2, 0) is 15.6 Å². The minimum Gasteiger partial charge on any atom is -0.493 e. The van der Waals surface area contributed by atoms with Crippen LogP contribution in [0.25, 0.3) is 0 Å². The van der Waals surface area contributed by atoms with Crippen LogP contribution in [0.1, 0.15) is 106 Å². The van der Waals surface area contributed by atoms with Crippen molar-refractivity contribution in [3.05, 3.63) is 23.3 Å². The summed E-state index contributed by atoms with van der Waals surface area (Å²) >= 11 is 0. The van der Waals surface area contributed by atoms with Crippen LogP contribution < -0.4 is 9.47 Å². The molecule has 0 saturated heterocycles. The van der Waals surface area contributed by atoms with E-state index in [9.17, 15) is 4.79 Å². The summed E-state index contributed by atoms with van der Waals surface area (Å²) in [5, 5.41) is 0. The second-order valence-corrected chi connectivity index (χ2v) is 11.0. The monoisotopic (exact) mass is 404 g/mol. The van der Waals surface area contributed by atoms with Gasteiger partial charge in [-0.15, -0.1) is 0 Å². The summed E-state index contributed by atoms with van der Waals surface area (Å²) in [7, 11) is 0. The predicted octanol–water partition coefficient (Wildman–Crippen LogP) is 7.44. The SMILES string of the molecule is CC(=O)Oc1cc(C(C)(C)C)c(OCCC(C)CCCC(C)C)cc1C(C)(C)C. The molecule has 3 heteroatoms. The van der Waals surface area contributed by atoms with Crippen LogP contribution >= 0.6 is 0 Å². The number of hydrogen-bond donors (Lipinski definition) is 0. The van der Waals surface area contributed by atoms with E-state index >= 15 is 0 Å². The van der Waals surface area contributed by atoms with Gasteiger partial charge in [0.15, 0.2) is 0 Å². The smallest absolute Gasteiger partial charge is 0.308 e. The van der Waals surface area contributed by atoms with Crippen molar-refractivity contribution >= 4 is 5.97 Å². The Labute approximate surface area is 179 Å². The average molecular weight is 405 g/mol. The Hall–Kier alpha value is -1.51. The van der Waals surface area contributed by atoms with Crippen molar-refractivity contribution in [1.29, 1.82) is 0 Å². The lowest BCUT2D eigenvalue weighted by atomic mass is 9.81. The summed E-state index contributed by atoms with van der Waals surface area (Å²) in [6.07, 6.45) is 4.90. The summed E-state index contributed by atoms with van der Waals surface area (Å²) in [6.45, 7) is 21.9. The van der Waals surface area contributed by atoms with E-state index in [2.05, 4.69) is 68.4 Å². The third kappa shape index (κ3) is 8.80. The van der Waals surface area contributed by atoms with Crippen LogP contribution in [0.3, 0.4) is 0 Å². The number of esters is 1. The van der Waals surface area contributed by atoms with Crippen molar-refractivity contribution < 1.29 is 14.3 Å². The lowest BCUT2D eigenvalue weighted by molar-refractivity contribution is -0.131. The number of carbonyl (C=O) groups excluding carboxylic acids is 1. The molecule has 0 radical (unpaired) electrons. The molecule has 0 heterocycles. The summed E-state index contributed by atoms with van der Waals surface area (Å²) in [4.78, 5) is 11.7. The molecule has 1 atom stereocenters. The number of ether oxygens (including phenoxy) is 2. The third-order valence-corrected chi connectivity index (χ3v) is 5.30. The number of benzene rings is 1. The lowest BCUT2D eigenvalue weighted by Gasteiger charge is -2.29. The van der Waals surface area contributed by atoms with Gasteiger partial charge >= 0.3 is 5.97 Å². The van der Waals surface area contributed by atoms with E-state index in [4.69, 9.17) is 9.47 Å². The van der Waals surface area contributed by atoms with Gasteiger partial charge in [-0.25, -0.2) is 0 Å². The van der Waals surface area contributed by atoms with Crippen LogP contribution in [0.5, 0.6) is 11.5 Å². The van der Waals surface area contributed by atoms with Crippen molar-refractivity contribution in [3.63, 3.8) is 0 Å². The molecule has 1 rings (SSSR count). The van der Waals surface area contributed by atoms with Gasteiger partial charge in [0.1, 0.15) is 11.5 Å². The topological polar surface area (TPSA) is 35.5 Å². The maximum absolute atomic E-state index is 11.7. The van der Waals surface area contributed by atoms with Gasteiger partial charge in [-0.3, -0.25) is 4.79 Å². The predicted molar refractivity (Wildman–Crippen MR) is 123 cm³/mol. The average Bonchev–Trinajstić information content (AvgIpc) is 2.52. The second-order valence-electron chi connectivity index (χ2n) is 11.0. The lowest BCUT2D eigenvalue weighted by Crippen LogP contribution is -2.20. The molecule has 0 aliphatic carbocycles. The number of carbonyl (C=O) groups is 1. The van der Waals surface area contributed by atoms with E-state index in [1.54, 1.807) is 0 Å². The first-order valence-corrected chi connectivity index (χ1v) is 11.2. The number of rotatable bonds is 9.